The van der Waals surface area contributed by atoms with Gasteiger partial charge in [0.15, 0.2) is 5.78 Å². The van der Waals surface area contributed by atoms with Crippen molar-refractivity contribution in [3.8, 4) is 0 Å². The lowest BCUT2D eigenvalue weighted by atomic mass is 10.1. The third-order valence-corrected chi connectivity index (χ3v) is 4.42. The summed E-state index contributed by atoms with van der Waals surface area (Å²) in [5, 5.41) is 8.92. The molecule has 1 aliphatic rings. The molecule has 2 aromatic rings. The minimum atomic E-state index is -2.83. The Bertz CT molecular complexity index is 845. The number of Topliss-reactive ketones (excluding diaryl/α,β-unsaturated/α-hetero) is 1. The van der Waals surface area contributed by atoms with Gasteiger partial charge in [-0.15, -0.1) is 0 Å². The number of ketones is 1. The Balaban J connectivity index is 1.84. The van der Waals surface area contributed by atoms with Crippen LogP contribution < -0.4 is 4.90 Å². The lowest BCUT2D eigenvalue weighted by Gasteiger charge is -2.41. The molecule has 2 aromatic carbocycles. The van der Waals surface area contributed by atoms with Gasteiger partial charge in [0.05, 0.1) is 19.6 Å². The Morgan fingerprint density at radius 2 is 1.81 bits per heavy atom. The predicted octanol–water partition coefficient (Wildman–Crippen LogP) is 3.25. The van der Waals surface area contributed by atoms with Crippen LogP contribution in [-0.4, -0.2) is 47.4 Å². The molecular weight excluding hydrogens is 354 g/mol. The Kier molecular flexibility index (Phi) is 5.23. The Labute approximate surface area is 155 Å². The van der Waals surface area contributed by atoms with Crippen LogP contribution in [0.4, 0.5) is 19.3 Å². The van der Waals surface area contributed by atoms with E-state index in [9.17, 15) is 18.4 Å². The maximum atomic E-state index is 13.2. The topological polar surface area (TPSA) is 60.9 Å². The van der Waals surface area contributed by atoms with Crippen LogP contribution in [0.3, 0.4) is 0 Å². The molecule has 3 rings (SSSR count). The van der Waals surface area contributed by atoms with Crippen molar-refractivity contribution in [2.45, 2.75) is 19.4 Å². The predicted molar refractivity (Wildman–Crippen MR) is 97.1 cm³/mol. The molecular formula is C20H20F2N2O3. The number of halogens is 2. The summed E-state index contributed by atoms with van der Waals surface area (Å²) in [5.74, 6) is -3.23. The van der Waals surface area contributed by atoms with E-state index in [1.54, 1.807) is 36.4 Å². The van der Waals surface area contributed by atoms with Crippen LogP contribution in [0, 0.1) is 6.92 Å². The van der Waals surface area contributed by atoms with Gasteiger partial charge in [-0.1, -0.05) is 36.4 Å². The Morgan fingerprint density at radius 1 is 1.15 bits per heavy atom. The molecule has 0 aliphatic carbocycles. The third-order valence-electron chi connectivity index (χ3n) is 4.42. The first-order valence-corrected chi connectivity index (χ1v) is 8.53. The lowest BCUT2D eigenvalue weighted by Crippen LogP contribution is -2.61. The van der Waals surface area contributed by atoms with Crippen LogP contribution in [-0.2, 0) is 6.54 Å². The van der Waals surface area contributed by atoms with Gasteiger partial charge in [0.2, 0.25) is 0 Å². The second kappa shape index (κ2) is 7.44. The van der Waals surface area contributed by atoms with Crippen molar-refractivity contribution in [3.63, 3.8) is 0 Å². The molecule has 1 aliphatic heterocycles. The van der Waals surface area contributed by atoms with Crippen molar-refractivity contribution in [3.05, 3.63) is 65.2 Å². The first-order valence-electron chi connectivity index (χ1n) is 8.53. The number of urea groups is 1. The number of likely N-dealkylation sites (tertiary alicyclic amines) is 1. The van der Waals surface area contributed by atoms with Gasteiger partial charge >= 0.3 is 6.03 Å². The van der Waals surface area contributed by atoms with Crippen molar-refractivity contribution in [2.24, 2.45) is 0 Å². The van der Waals surface area contributed by atoms with Gasteiger partial charge in [-0.05, 0) is 30.2 Å². The van der Waals surface area contributed by atoms with E-state index in [2.05, 4.69) is 0 Å². The molecule has 1 heterocycles. The highest BCUT2D eigenvalue weighted by molar-refractivity contribution is 5.97. The second-order valence-corrected chi connectivity index (χ2v) is 6.70. The van der Waals surface area contributed by atoms with E-state index in [4.69, 9.17) is 5.11 Å². The standard InChI is InChI=1S/C20H20F2N2O3/c1-14-3-2-4-17(9-14)24(19(27)23-12-20(21,22)13-23)10-15-5-7-16(8-6-15)18(26)11-25/h2-9,25H,10-13H2,1H3. The third kappa shape index (κ3) is 4.31. The minimum absolute atomic E-state index is 0.179. The normalized spacial score (nSPS) is 15.2. The molecule has 1 fully saturated rings. The monoisotopic (exact) mass is 374 g/mol. The molecule has 0 radical (unpaired) electrons. The van der Waals surface area contributed by atoms with Crippen molar-refractivity contribution in [1.29, 1.82) is 0 Å². The van der Waals surface area contributed by atoms with Crippen molar-refractivity contribution < 1.29 is 23.5 Å². The van der Waals surface area contributed by atoms with Crippen molar-refractivity contribution in [1.82, 2.24) is 4.90 Å². The zero-order valence-corrected chi connectivity index (χ0v) is 14.9. The van der Waals surface area contributed by atoms with Gasteiger partial charge in [0, 0.05) is 11.3 Å². The zero-order chi connectivity index (χ0) is 19.6. The molecule has 0 unspecified atom stereocenters. The number of amides is 2. The van der Waals surface area contributed by atoms with E-state index in [-0.39, 0.29) is 6.54 Å². The van der Waals surface area contributed by atoms with E-state index < -0.39 is 37.4 Å². The van der Waals surface area contributed by atoms with Crippen molar-refractivity contribution in [2.75, 3.05) is 24.6 Å². The van der Waals surface area contributed by atoms with Gasteiger partial charge in [-0.3, -0.25) is 9.69 Å². The SMILES string of the molecule is Cc1cccc(N(Cc2ccc(C(=O)CO)cc2)C(=O)N2CC(F)(F)C2)c1. The van der Waals surface area contributed by atoms with E-state index in [0.29, 0.717) is 11.3 Å². The summed E-state index contributed by atoms with van der Waals surface area (Å²) in [6.45, 7) is 0.323. The van der Waals surface area contributed by atoms with Gasteiger partial charge in [-0.2, -0.15) is 0 Å². The van der Waals surface area contributed by atoms with E-state index >= 15 is 0 Å². The molecule has 0 spiro atoms. The zero-order valence-electron chi connectivity index (χ0n) is 14.9. The fourth-order valence-corrected chi connectivity index (χ4v) is 2.95. The number of hydrogen-bond acceptors (Lipinski definition) is 3. The number of alkyl halides is 2. The number of aliphatic hydroxyl groups is 1. The van der Waals surface area contributed by atoms with Crippen molar-refractivity contribution >= 4 is 17.5 Å². The number of aliphatic hydroxyl groups excluding tert-OH is 1. The van der Waals surface area contributed by atoms with Crippen LogP contribution in [0.1, 0.15) is 21.5 Å². The number of carbonyl (C=O) groups excluding carboxylic acids is 2. The molecule has 0 aromatic heterocycles. The fourth-order valence-electron chi connectivity index (χ4n) is 2.95. The van der Waals surface area contributed by atoms with E-state index in [1.807, 2.05) is 19.1 Å². The fraction of sp³-hybridized carbons (Fsp3) is 0.300. The summed E-state index contributed by atoms with van der Waals surface area (Å²) in [6, 6.07) is 13.3. The number of anilines is 1. The average molecular weight is 374 g/mol. The van der Waals surface area contributed by atoms with Gasteiger partial charge in [0.25, 0.3) is 5.92 Å². The highest BCUT2D eigenvalue weighted by atomic mass is 19.3. The first kappa shape index (κ1) is 19.0. The van der Waals surface area contributed by atoms with Crippen LogP contribution in [0.2, 0.25) is 0 Å². The molecule has 1 saturated heterocycles. The largest absolute Gasteiger partial charge is 0.388 e. The smallest absolute Gasteiger partial charge is 0.325 e. The number of nitrogens with zero attached hydrogens (tertiary/aromatic N) is 2. The molecule has 7 heteroatoms. The maximum Gasteiger partial charge on any atom is 0.325 e. The van der Waals surface area contributed by atoms with Crippen LogP contribution in [0.5, 0.6) is 0 Å². The van der Waals surface area contributed by atoms with Gasteiger partial charge in [-0.25, -0.2) is 13.6 Å². The highest BCUT2D eigenvalue weighted by Crippen LogP contribution is 2.30. The molecule has 1 N–H and O–H groups in total. The summed E-state index contributed by atoms with van der Waals surface area (Å²) in [6.07, 6.45) is 0. The summed E-state index contributed by atoms with van der Waals surface area (Å²) in [5.41, 5.74) is 2.68. The summed E-state index contributed by atoms with van der Waals surface area (Å²) < 4.78 is 26.4. The number of rotatable bonds is 5. The molecule has 0 saturated carbocycles. The molecule has 142 valence electrons. The molecule has 5 nitrogen and oxygen atoms in total. The quantitative estimate of drug-likeness (QED) is 0.818. The molecule has 27 heavy (non-hydrogen) atoms. The van der Waals surface area contributed by atoms with Crippen LogP contribution >= 0.6 is 0 Å². The maximum absolute atomic E-state index is 13.2. The van der Waals surface area contributed by atoms with E-state index in [0.717, 1.165) is 16.0 Å². The number of benzene rings is 2. The van der Waals surface area contributed by atoms with Crippen LogP contribution in [0.15, 0.2) is 48.5 Å². The summed E-state index contributed by atoms with van der Waals surface area (Å²) in [4.78, 5) is 26.9. The average Bonchev–Trinajstić information content (AvgIpc) is 2.63. The number of carbonyl (C=O) groups is 2. The summed E-state index contributed by atoms with van der Waals surface area (Å²) in [7, 11) is 0. The Morgan fingerprint density at radius 3 is 2.37 bits per heavy atom. The highest BCUT2D eigenvalue weighted by Gasteiger charge is 2.47. The summed E-state index contributed by atoms with van der Waals surface area (Å²) >= 11 is 0. The van der Waals surface area contributed by atoms with Gasteiger partial charge in [0.1, 0.15) is 6.61 Å². The number of hydrogen-bond donors (Lipinski definition) is 1. The molecule has 2 amide bonds. The minimum Gasteiger partial charge on any atom is -0.388 e. The van der Waals surface area contributed by atoms with Gasteiger partial charge < -0.3 is 10.0 Å². The lowest BCUT2D eigenvalue weighted by molar-refractivity contribution is -0.108. The van der Waals surface area contributed by atoms with E-state index in [1.165, 1.54) is 4.90 Å². The number of aryl methyl sites for hydroxylation is 1. The molecule has 0 bridgehead atoms. The first-order chi connectivity index (χ1) is 12.8. The molecule has 0 atom stereocenters. The van der Waals surface area contributed by atoms with Crippen LogP contribution in [0.25, 0.3) is 0 Å². The Hall–Kier alpha value is -2.80. The second-order valence-electron chi connectivity index (χ2n) is 6.70.